The second-order valence-electron chi connectivity index (χ2n) is 4.06. The number of nitrogens with two attached hydrogens (primary N) is 1. The Morgan fingerprint density at radius 1 is 1.22 bits per heavy atom. The van der Waals surface area contributed by atoms with Crippen molar-refractivity contribution in [3.05, 3.63) is 36.3 Å². The molecule has 0 bridgehead atoms. The van der Waals surface area contributed by atoms with Crippen LogP contribution in [0, 0.1) is 6.92 Å². The third-order valence-corrected chi connectivity index (χ3v) is 2.70. The fourth-order valence-electron chi connectivity index (χ4n) is 1.81. The Bertz CT molecular complexity index is 734. The molecule has 3 rings (SSSR count). The van der Waals surface area contributed by atoms with E-state index in [1.54, 1.807) is 22.9 Å². The SMILES string of the molecule is Cc1cc2nnc(-c3ccc(N)cc3O)n2cn1. The highest BCUT2D eigenvalue weighted by Gasteiger charge is 2.12. The van der Waals surface area contributed by atoms with Crippen molar-refractivity contribution in [3.63, 3.8) is 0 Å². The van der Waals surface area contributed by atoms with Crippen LogP contribution in [0.3, 0.4) is 0 Å². The second-order valence-corrected chi connectivity index (χ2v) is 4.06. The van der Waals surface area contributed by atoms with Crippen molar-refractivity contribution in [2.75, 3.05) is 5.73 Å². The minimum Gasteiger partial charge on any atom is -0.507 e. The van der Waals surface area contributed by atoms with Gasteiger partial charge in [0, 0.05) is 23.5 Å². The van der Waals surface area contributed by atoms with E-state index >= 15 is 0 Å². The minimum absolute atomic E-state index is 0.0740. The molecule has 0 fully saturated rings. The molecule has 90 valence electrons. The number of aryl methyl sites for hydroxylation is 1. The lowest BCUT2D eigenvalue weighted by atomic mass is 10.1. The van der Waals surface area contributed by atoms with Crippen LogP contribution in [0.2, 0.25) is 0 Å². The standard InChI is InChI=1S/C12H11N5O/c1-7-4-11-15-16-12(17(11)6-14-7)9-3-2-8(13)5-10(9)18/h2-6,18H,13H2,1H3. The number of fused-ring (bicyclic) bond motifs is 1. The number of anilines is 1. The maximum absolute atomic E-state index is 9.90. The Labute approximate surface area is 103 Å². The monoisotopic (exact) mass is 241 g/mol. The summed E-state index contributed by atoms with van der Waals surface area (Å²) < 4.78 is 1.72. The number of aromatic nitrogens is 4. The lowest BCUT2D eigenvalue weighted by Crippen LogP contribution is -1.93. The van der Waals surface area contributed by atoms with Crippen LogP contribution in [0.5, 0.6) is 5.75 Å². The number of rotatable bonds is 1. The summed E-state index contributed by atoms with van der Waals surface area (Å²) in [5.74, 6) is 0.611. The third kappa shape index (κ3) is 1.55. The molecule has 3 aromatic rings. The Morgan fingerprint density at radius 3 is 2.83 bits per heavy atom. The molecule has 18 heavy (non-hydrogen) atoms. The molecule has 3 N–H and O–H groups in total. The molecule has 2 aromatic heterocycles. The molecule has 0 spiro atoms. The number of aromatic hydroxyl groups is 1. The number of phenolic OH excluding ortho intramolecular Hbond substituents is 1. The normalized spacial score (nSPS) is 10.9. The summed E-state index contributed by atoms with van der Waals surface area (Å²) in [4.78, 5) is 4.19. The Kier molecular flexibility index (Phi) is 2.16. The molecular weight excluding hydrogens is 230 g/mol. The molecule has 6 heteroatoms. The zero-order valence-corrected chi connectivity index (χ0v) is 9.70. The van der Waals surface area contributed by atoms with Crippen molar-refractivity contribution in [3.8, 4) is 17.1 Å². The van der Waals surface area contributed by atoms with Crippen molar-refractivity contribution >= 4 is 11.3 Å². The van der Waals surface area contributed by atoms with Crippen molar-refractivity contribution in [1.82, 2.24) is 19.6 Å². The van der Waals surface area contributed by atoms with Crippen LogP contribution in [-0.2, 0) is 0 Å². The van der Waals surface area contributed by atoms with Gasteiger partial charge in [0.05, 0.1) is 5.56 Å². The zero-order chi connectivity index (χ0) is 12.7. The van der Waals surface area contributed by atoms with E-state index in [1.165, 1.54) is 6.07 Å². The first kappa shape index (κ1) is 10.5. The molecule has 0 unspecified atom stereocenters. The first-order valence-electron chi connectivity index (χ1n) is 5.41. The van der Waals surface area contributed by atoms with Crippen LogP contribution in [-0.4, -0.2) is 24.7 Å². The third-order valence-electron chi connectivity index (χ3n) is 2.70. The lowest BCUT2D eigenvalue weighted by Gasteiger charge is -2.03. The van der Waals surface area contributed by atoms with Gasteiger partial charge in [0.1, 0.15) is 12.1 Å². The second kappa shape index (κ2) is 3.69. The van der Waals surface area contributed by atoms with E-state index in [0.29, 0.717) is 22.7 Å². The van der Waals surface area contributed by atoms with E-state index in [4.69, 9.17) is 5.73 Å². The molecule has 2 heterocycles. The molecule has 0 aliphatic rings. The predicted molar refractivity (Wildman–Crippen MR) is 67.0 cm³/mol. The van der Waals surface area contributed by atoms with Gasteiger partial charge >= 0.3 is 0 Å². The molecule has 0 radical (unpaired) electrons. The van der Waals surface area contributed by atoms with Gasteiger partial charge < -0.3 is 10.8 Å². The maximum Gasteiger partial charge on any atom is 0.173 e. The number of nitrogens with zero attached hydrogens (tertiary/aromatic N) is 4. The maximum atomic E-state index is 9.90. The molecule has 0 aliphatic carbocycles. The van der Waals surface area contributed by atoms with Gasteiger partial charge in [0.15, 0.2) is 11.5 Å². The van der Waals surface area contributed by atoms with Crippen LogP contribution in [0.15, 0.2) is 30.6 Å². The van der Waals surface area contributed by atoms with Crippen molar-refractivity contribution < 1.29 is 5.11 Å². The van der Waals surface area contributed by atoms with Crippen LogP contribution in [0.4, 0.5) is 5.69 Å². The number of benzene rings is 1. The van der Waals surface area contributed by atoms with E-state index in [-0.39, 0.29) is 5.75 Å². The summed E-state index contributed by atoms with van der Waals surface area (Å²) in [5.41, 5.74) is 8.22. The average molecular weight is 241 g/mol. The predicted octanol–water partition coefficient (Wildman–Crippen LogP) is 1.39. The molecule has 0 saturated carbocycles. The molecule has 0 saturated heterocycles. The average Bonchev–Trinajstić information content (AvgIpc) is 2.72. The van der Waals surface area contributed by atoms with Crippen molar-refractivity contribution in [1.29, 1.82) is 0 Å². The quantitative estimate of drug-likeness (QED) is 0.628. The smallest absolute Gasteiger partial charge is 0.173 e. The summed E-state index contributed by atoms with van der Waals surface area (Å²) >= 11 is 0. The first-order valence-corrected chi connectivity index (χ1v) is 5.41. The largest absolute Gasteiger partial charge is 0.507 e. The van der Waals surface area contributed by atoms with E-state index in [2.05, 4.69) is 15.2 Å². The Balaban J connectivity index is 2.25. The minimum atomic E-state index is 0.0740. The molecule has 6 nitrogen and oxygen atoms in total. The van der Waals surface area contributed by atoms with Gasteiger partial charge in [-0.15, -0.1) is 10.2 Å². The van der Waals surface area contributed by atoms with E-state index in [9.17, 15) is 5.11 Å². The van der Waals surface area contributed by atoms with Gasteiger partial charge in [0.25, 0.3) is 0 Å². The van der Waals surface area contributed by atoms with Crippen LogP contribution in [0.25, 0.3) is 17.0 Å². The topological polar surface area (TPSA) is 89.3 Å². The highest BCUT2D eigenvalue weighted by atomic mass is 16.3. The number of nitrogen functional groups attached to an aromatic ring is 1. The van der Waals surface area contributed by atoms with E-state index < -0.39 is 0 Å². The molecular formula is C12H11N5O. The van der Waals surface area contributed by atoms with Crippen LogP contribution in [0.1, 0.15) is 5.69 Å². The fourth-order valence-corrected chi connectivity index (χ4v) is 1.81. The van der Waals surface area contributed by atoms with Gasteiger partial charge in [0.2, 0.25) is 0 Å². The summed E-state index contributed by atoms with van der Waals surface area (Å²) in [6, 6.07) is 6.72. The van der Waals surface area contributed by atoms with Crippen LogP contribution < -0.4 is 5.73 Å². The highest BCUT2D eigenvalue weighted by molar-refractivity contribution is 5.69. The van der Waals surface area contributed by atoms with Crippen LogP contribution >= 0.6 is 0 Å². The fraction of sp³-hybridized carbons (Fsp3) is 0.0833. The number of phenols is 1. The van der Waals surface area contributed by atoms with Crippen molar-refractivity contribution in [2.24, 2.45) is 0 Å². The number of hydrogen-bond donors (Lipinski definition) is 2. The molecule has 0 amide bonds. The van der Waals surface area contributed by atoms with E-state index in [1.807, 2.05) is 13.0 Å². The summed E-state index contributed by atoms with van der Waals surface area (Å²) in [6.07, 6.45) is 1.63. The summed E-state index contributed by atoms with van der Waals surface area (Å²) in [6.45, 7) is 1.88. The van der Waals surface area contributed by atoms with Gasteiger partial charge in [-0.3, -0.25) is 4.40 Å². The Morgan fingerprint density at radius 2 is 2.06 bits per heavy atom. The molecule has 1 aromatic carbocycles. The zero-order valence-electron chi connectivity index (χ0n) is 9.70. The number of hydrogen-bond acceptors (Lipinski definition) is 5. The van der Waals surface area contributed by atoms with Gasteiger partial charge in [-0.25, -0.2) is 4.98 Å². The first-order chi connectivity index (χ1) is 8.65. The highest BCUT2D eigenvalue weighted by Crippen LogP contribution is 2.29. The summed E-state index contributed by atoms with van der Waals surface area (Å²) in [5, 5.41) is 18.0. The van der Waals surface area contributed by atoms with Gasteiger partial charge in [-0.05, 0) is 19.1 Å². The molecule has 0 atom stereocenters. The van der Waals surface area contributed by atoms with Crippen molar-refractivity contribution in [2.45, 2.75) is 6.92 Å². The Hall–Kier alpha value is -2.63. The van der Waals surface area contributed by atoms with E-state index in [0.717, 1.165) is 5.69 Å². The summed E-state index contributed by atoms with van der Waals surface area (Å²) in [7, 11) is 0. The van der Waals surface area contributed by atoms with Gasteiger partial charge in [-0.1, -0.05) is 0 Å². The molecule has 0 aliphatic heterocycles. The van der Waals surface area contributed by atoms with Gasteiger partial charge in [-0.2, -0.15) is 0 Å². The lowest BCUT2D eigenvalue weighted by molar-refractivity contribution is 0.477.